The van der Waals surface area contributed by atoms with Crippen LogP contribution in [0.5, 0.6) is 0 Å². The zero-order valence-corrected chi connectivity index (χ0v) is 5.70. The average molecular weight is 133 g/mol. The van der Waals surface area contributed by atoms with Crippen molar-refractivity contribution in [2.24, 2.45) is 5.92 Å². The molecule has 0 aromatic carbocycles. The zero-order valence-electron chi connectivity index (χ0n) is 5.70. The molecule has 2 unspecified atom stereocenters. The second-order valence-corrected chi connectivity index (χ2v) is 2.04. The molecular formula is C7H7N3. The van der Waals surface area contributed by atoms with Crippen LogP contribution in [0.2, 0.25) is 0 Å². The third kappa shape index (κ3) is 2.70. The molecule has 0 aliphatic heterocycles. The van der Waals surface area contributed by atoms with Gasteiger partial charge in [-0.2, -0.15) is 10.5 Å². The normalized spacial score (nSPS) is 13.8. The van der Waals surface area contributed by atoms with E-state index in [9.17, 15) is 0 Å². The van der Waals surface area contributed by atoms with Crippen molar-refractivity contribution in [3.63, 3.8) is 0 Å². The molecule has 0 heterocycles. The summed E-state index contributed by atoms with van der Waals surface area (Å²) in [4.78, 5) is 3.03. The fraction of sp³-hybridized carbons (Fsp3) is 0.571. The van der Waals surface area contributed by atoms with Crippen molar-refractivity contribution < 1.29 is 0 Å². The Labute approximate surface area is 60.3 Å². The Hall–Kier alpha value is -1.53. The van der Waals surface area contributed by atoms with Crippen molar-refractivity contribution in [2.45, 2.75) is 19.4 Å². The number of nitrogens with zero attached hydrogens (tertiary/aromatic N) is 3. The largest absolute Gasteiger partial charge is 0.308 e. The van der Waals surface area contributed by atoms with Gasteiger partial charge in [-0.15, -0.1) is 0 Å². The lowest BCUT2D eigenvalue weighted by molar-refractivity contribution is 0.652. The van der Waals surface area contributed by atoms with Crippen molar-refractivity contribution in [1.82, 2.24) is 0 Å². The highest BCUT2D eigenvalue weighted by atomic mass is 14.7. The van der Waals surface area contributed by atoms with Crippen LogP contribution >= 0.6 is 0 Å². The first-order valence-electron chi connectivity index (χ1n) is 2.90. The van der Waals surface area contributed by atoms with E-state index in [0.717, 1.165) is 0 Å². The molecule has 0 fully saturated rings. The zero-order chi connectivity index (χ0) is 7.98. The molecule has 2 atom stereocenters. The highest BCUT2D eigenvalue weighted by Crippen LogP contribution is 2.06. The van der Waals surface area contributed by atoms with Gasteiger partial charge in [0, 0.05) is 0 Å². The van der Waals surface area contributed by atoms with Crippen LogP contribution in [0, 0.1) is 35.2 Å². The Bertz CT molecular complexity index is 198. The summed E-state index contributed by atoms with van der Waals surface area (Å²) < 4.78 is 0. The Kier molecular flexibility index (Phi) is 3.69. The number of hydrogen-bond acceptors (Lipinski definition) is 2. The van der Waals surface area contributed by atoms with E-state index in [1.807, 2.05) is 12.1 Å². The van der Waals surface area contributed by atoms with E-state index in [4.69, 9.17) is 17.1 Å². The molecule has 0 N–H and O–H groups in total. The van der Waals surface area contributed by atoms with E-state index in [2.05, 4.69) is 4.85 Å². The SMILES string of the molecule is [C-]#[N+]C(C#N)CC(C)C#N. The van der Waals surface area contributed by atoms with Crippen molar-refractivity contribution in [1.29, 1.82) is 10.5 Å². The molecule has 0 rings (SSSR count). The third-order valence-corrected chi connectivity index (χ3v) is 1.10. The van der Waals surface area contributed by atoms with Gasteiger partial charge >= 0.3 is 6.04 Å². The van der Waals surface area contributed by atoms with Gasteiger partial charge in [0.15, 0.2) is 6.07 Å². The molecule has 0 aliphatic carbocycles. The molecule has 0 saturated carbocycles. The molecular weight excluding hydrogens is 126 g/mol. The number of hydrogen-bond donors (Lipinski definition) is 0. The highest BCUT2D eigenvalue weighted by molar-refractivity contribution is 5.01. The van der Waals surface area contributed by atoms with Crippen molar-refractivity contribution in [2.75, 3.05) is 0 Å². The summed E-state index contributed by atoms with van der Waals surface area (Å²) in [6, 6.07) is 3.14. The summed E-state index contributed by atoms with van der Waals surface area (Å²) in [5.74, 6) is -0.196. The van der Waals surface area contributed by atoms with Crippen molar-refractivity contribution in [3.8, 4) is 12.1 Å². The first kappa shape index (κ1) is 8.47. The van der Waals surface area contributed by atoms with E-state index in [0.29, 0.717) is 6.42 Å². The summed E-state index contributed by atoms with van der Waals surface area (Å²) in [5, 5.41) is 16.6. The molecule has 0 radical (unpaired) electrons. The van der Waals surface area contributed by atoms with Crippen molar-refractivity contribution in [3.05, 3.63) is 11.4 Å². The van der Waals surface area contributed by atoms with Crippen LogP contribution in [0.4, 0.5) is 0 Å². The lowest BCUT2D eigenvalue weighted by atomic mass is 10.1. The third-order valence-electron chi connectivity index (χ3n) is 1.10. The molecule has 50 valence electrons. The Morgan fingerprint density at radius 1 is 1.50 bits per heavy atom. The highest BCUT2D eigenvalue weighted by Gasteiger charge is 2.14. The molecule has 0 bridgehead atoms. The van der Waals surface area contributed by atoms with E-state index >= 15 is 0 Å². The van der Waals surface area contributed by atoms with E-state index in [-0.39, 0.29) is 5.92 Å². The maximum absolute atomic E-state index is 8.31. The summed E-state index contributed by atoms with van der Waals surface area (Å²) in [6.45, 7) is 8.23. The molecule has 0 saturated heterocycles. The van der Waals surface area contributed by atoms with Gasteiger partial charge in [-0.05, 0) is 6.92 Å². The second-order valence-electron chi connectivity index (χ2n) is 2.04. The number of rotatable bonds is 2. The van der Waals surface area contributed by atoms with Gasteiger partial charge in [0.2, 0.25) is 0 Å². The quantitative estimate of drug-likeness (QED) is 0.534. The Morgan fingerprint density at radius 2 is 2.10 bits per heavy atom. The van der Waals surface area contributed by atoms with Gasteiger partial charge in [0.25, 0.3) is 0 Å². The smallest absolute Gasteiger partial charge is 0.297 e. The fourth-order valence-electron chi connectivity index (χ4n) is 0.522. The molecule has 3 heteroatoms. The van der Waals surface area contributed by atoms with Crippen LogP contribution in [0.25, 0.3) is 4.85 Å². The molecule has 0 aliphatic rings. The maximum Gasteiger partial charge on any atom is 0.308 e. The maximum atomic E-state index is 8.31. The standard InChI is InChI=1S/C7H7N3/c1-6(4-8)3-7(5-9)10-2/h6-7H,3H2,1H3. The van der Waals surface area contributed by atoms with Crippen LogP contribution in [0.3, 0.4) is 0 Å². The lowest BCUT2D eigenvalue weighted by Crippen LogP contribution is -2.03. The van der Waals surface area contributed by atoms with Crippen molar-refractivity contribution >= 4 is 0 Å². The Balaban J connectivity index is 3.83. The molecule has 0 spiro atoms. The van der Waals surface area contributed by atoms with Gasteiger partial charge in [-0.1, -0.05) is 0 Å². The molecule has 10 heavy (non-hydrogen) atoms. The van der Waals surface area contributed by atoms with Gasteiger partial charge in [-0.3, -0.25) is 4.85 Å². The van der Waals surface area contributed by atoms with E-state index in [1.54, 1.807) is 6.92 Å². The molecule has 0 amide bonds. The molecule has 0 aromatic rings. The first-order chi connectivity index (χ1) is 4.74. The summed E-state index contributed by atoms with van der Waals surface area (Å²) in [5.41, 5.74) is 0. The first-order valence-corrected chi connectivity index (χ1v) is 2.90. The van der Waals surface area contributed by atoms with Crippen LogP contribution < -0.4 is 0 Å². The van der Waals surface area contributed by atoms with Gasteiger partial charge in [0.1, 0.15) is 0 Å². The summed E-state index contributed by atoms with van der Waals surface area (Å²) >= 11 is 0. The lowest BCUT2D eigenvalue weighted by Gasteiger charge is -1.95. The predicted octanol–water partition coefficient (Wildman–Crippen LogP) is 1.35. The van der Waals surface area contributed by atoms with E-state index in [1.165, 1.54) is 0 Å². The minimum Gasteiger partial charge on any atom is -0.297 e. The van der Waals surface area contributed by atoms with Crippen LogP contribution in [-0.2, 0) is 0 Å². The summed E-state index contributed by atoms with van der Waals surface area (Å²) in [6.07, 6.45) is 0.358. The fourth-order valence-corrected chi connectivity index (χ4v) is 0.522. The van der Waals surface area contributed by atoms with E-state index < -0.39 is 6.04 Å². The number of nitriles is 2. The summed E-state index contributed by atoms with van der Waals surface area (Å²) in [7, 11) is 0. The van der Waals surface area contributed by atoms with Crippen LogP contribution in [-0.4, -0.2) is 6.04 Å². The molecule has 3 nitrogen and oxygen atoms in total. The van der Waals surface area contributed by atoms with Gasteiger partial charge in [0.05, 0.1) is 18.4 Å². The van der Waals surface area contributed by atoms with Crippen LogP contribution in [0.1, 0.15) is 13.3 Å². The minimum absolute atomic E-state index is 0.196. The monoisotopic (exact) mass is 133 g/mol. The second kappa shape index (κ2) is 4.36. The van der Waals surface area contributed by atoms with Gasteiger partial charge in [-0.25, -0.2) is 6.57 Å². The molecule has 0 aromatic heterocycles. The average Bonchev–Trinajstić information content (AvgIpc) is 1.99. The Morgan fingerprint density at radius 3 is 2.40 bits per heavy atom. The van der Waals surface area contributed by atoms with Gasteiger partial charge < -0.3 is 0 Å². The predicted molar refractivity (Wildman–Crippen MR) is 35.4 cm³/mol. The topological polar surface area (TPSA) is 51.9 Å². The van der Waals surface area contributed by atoms with Crippen LogP contribution in [0.15, 0.2) is 0 Å². The minimum atomic E-state index is -0.644.